The first kappa shape index (κ1) is 9.09. The number of rotatable bonds is 1. The number of hydrogen-bond acceptors (Lipinski definition) is 1. The number of hydrogen-bond donors (Lipinski definition) is 1. The molecule has 1 heterocycles. The Bertz CT molecular complexity index is 490. The van der Waals surface area contributed by atoms with Crippen molar-refractivity contribution in [3.8, 4) is 11.3 Å². The molecule has 0 aliphatic heterocycles. The fourth-order valence-electron chi connectivity index (χ4n) is 1.24. The number of halogens is 1. The molecule has 0 spiro atoms. The van der Waals surface area contributed by atoms with Crippen LogP contribution in [0.2, 0.25) is 0 Å². The van der Waals surface area contributed by atoms with Gasteiger partial charge in [-0.2, -0.15) is 0 Å². The molecule has 0 saturated carbocycles. The maximum atomic E-state index is 12.9. The minimum atomic E-state index is -0.389. The summed E-state index contributed by atoms with van der Waals surface area (Å²) in [6.45, 7) is 0. The Balaban J connectivity index is 2.54. The van der Waals surface area contributed by atoms with Crippen molar-refractivity contribution in [2.45, 2.75) is 0 Å². The van der Waals surface area contributed by atoms with Crippen molar-refractivity contribution in [3.05, 3.63) is 52.9 Å². The zero-order valence-electron chi connectivity index (χ0n) is 7.33. The van der Waals surface area contributed by atoms with Crippen LogP contribution in [0.3, 0.4) is 0 Å². The van der Waals surface area contributed by atoms with Gasteiger partial charge < -0.3 is 4.98 Å². The van der Waals surface area contributed by atoms with Gasteiger partial charge >= 0.3 is 0 Å². The molecular weight excluding hydrogens is 197 g/mol. The highest BCUT2D eigenvalue weighted by Crippen LogP contribution is 2.16. The number of aromatic nitrogens is 1. The minimum Gasteiger partial charge on any atom is -0.344 e. The molecule has 0 aliphatic rings. The summed E-state index contributed by atoms with van der Waals surface area (Å²) in [6, 6.07) is 12.7. The largest absolute Gasteiger partial charge is 0.344 e. The van der Waals surface area contributed by atoms with Crippen LogP contribution in [0.5, 0.6) is 0 Å². The van der Waals surface area contributed by atoms with Crippen LogP contribution >= 0.6 is 12.2 Å². The van der Waals surface area contributed by atoms with Crippen LogP contribution in [0.15, 0.2) is 42.5 Å². The smallest absolute Gasteiger partial charge is 0.157 e. The van der Waals surface area contributed by atoms with Crippen molar-refractivity contribution in [1.29, 1.82) is 0 Å². The van der Waals surface area contributed by atoms with Gasteiger partial charge in [-0.3, -0.25) is 0 Å². The summed E-state index contributed by atoms with van der Waals surface area (Å²) < 4.78 is 13.0. The van der Waals surface area contributed by atoms with Crippen molar-refractivity contribution in [3.63, 3.8) is 0 Å². The van der Waals surface area contributed by atoms with Crippen LogP contribution in [0.4, 0.5) is 4.39 Å². The van der Waals surface area contributed by atoms with Crippen LogP contribution < -0.4 is 0 Å². The average Bonchev–Trinajstić information content (AvgIpc) is 2.23. The molecule has 1 aromatic heterocycles. The number of nitrogens with one attached hydrogen (secondary N) is 1. The SMILES string of the molecule is Fc1ccc(-c2ccccc2)[nH]c1=S. The Labute approximate surface area is 86.2 Å². The maximum Gasteiger partial charge on any atom is 0.157 e. The van der Waals surface area contributed by atoms with E-state index in [0.29, 0.717) is 0 Å². The van der Waals surface area contributed by atoms with Gasteiger partial charge in [-0.05, 0) is 17.7 Å². The lowest BCUT2D eigenvalue weighted by Gasteiger charge is -2.00. The lowest BCUT2D eigenvalue weighted by molar-refractivity contribution is 0.617. The molecular formula is C11H8FNS. The van der Waals surface area contributed by atoms with Gasteiger partial charge in [0, 0.05) is 5.69 Å². The lowest BCUT2D eigenvalue weighted by atomic mass is 10.1. The van der Waals surface area contributed by atoms with Crippen LogP contribution in [0.1, 0.15) is 0 Å². The van der Waals surface area contributed by atoms with E-state index in [2.05, 4.69) is 4.98 Å². The third-order valence-corrected chi connectivity index (χ3v) is 2.24. The molecule has 2 rings (SSSR count). The topological polar surface area (TPSA) is 15.8 Å². The van der Waals surface area contributed by atoms with Gasteiger partial charge in [-0.15, -0.1) is 0 Å². The van der Waals surface area contributed by atoms with E-state index in [-0.39, 0.29) is 10.5 Å². The standard InChI is InChI=1S/C11H8FNS/c12-9-6-7-10(13-11(9)14)8-4-2-1-3-5-8/h1-7H,(H,13,14). The van der Waals surface area contributed by atoms with Gasteiger partial charge in [-0.1, -0.05) is 42.5 Å². The molecule has 14 heavy (non-hydrogen) atoms. The van der Waals surface area contributed by atoms with Gasteiger partial charge in [0.05, 0.1) is 0 Å². The average molecular weight is 205 g/mol. The molecule has 2 aromatic rings. The first-order valence-electron chi connectivity index (χ1n) is 4.21. The summed E-state index contributed by atoms with van der Waals surface area (Å²) in [5.74, 6) is -0.389. The normalized spacial score (nSPS) is 10.1. The van der Waals surface area contributed by atoms with Crippen LogP contribution in [0.25, 0.3) is 11.3 Å². The Morgan fingerprint density at radius 2 is 1.71 bits per heavy atom. The van der Waals surface area contributed by atoms with Crippen molar-refractivity contribution in [2.75, 3.05) is 0 Å². The molecule has 0 saturated heterocycles. The van der Waals surface area contributed by atoms with Crippen molar-refractivity contribution in [2.24, 2.45) is 0 Å². The van der Waals surface area contributed by atoms with Crippen molar-refractivity contribution in [1.82, 2.24) is 4.98 Å². The molecule has 1 N–H and O–H groups in total. The Hall–Kier alpha value is -1.48. The van der Waals surface area contributed by atoms with E-state index in [9.17, 15) is 4.39 Å². The molecule has 0 radical (unpaired) electrons. The summed E-state index contributed by atoms with van der Waals surface area (Å²) in [5, 5.41) is 0. The molecule has 0 amide bonds. The van der Waals surface area contributed by atoms with Crippen LogP contribution in [-0.4, -0.2) is 4.98 Å². The minimum absolute atomic E-state index is 0.145. The number of aromatic amines is 1. The number of H-pyrrole nitrogens is 1. The molecule has 3 heteroatoms. The lowest BCUT2D eigenvalue weighted by Crippen LogP contribution is -1.86. The summed E-state index contributed by atoms with van der Waals surface area (Å²) in [4.78, 5) is 2.83. The second-order valence-electron chi connectivity index (χ2n) is 2.92. The van der Waals surface area contributed by atoms with Gasteiger partial charge in [0.25, 0.3) is 0 Å². The van der Waals surface area contributed by atoms with E-state index in [1.165, 1.54) is 6.07 Å². The second kappa shape index (κ2) is 3.72. The summed E-state index contributed by atoms with van der Waals surface area (Å²) in [7, 11) is 0. The third-order valence-electron chi connectivity index (χ3n) is 1.95. The third kappa shape index (κ3) is 1.72. The summed E-state index contributed by atoms with van der Waals surface area (Å²) in [5.41, 5.74) is 1.83. The monoisotopic (exact) mass is 205 g/mol. The zero-order chi connectivity index (χ0) is 9.97. The fraction of sp³-hybridized carbons (Fsp3) is 0. The Morgan fingerprint density at radius 1 is 1.00 bits per heavy atom. The zero-order valence-corrected chi connectivity index (χ0v) is 8.14. The van der Waals surface area contributed by atoms with Crippen LogP contribution in [-0.2, 0) is 0 Å². The van der Waals surface area contributed by atoms with Crippen LogP contribution in [0, 0.1) is 10.5 Å². The van der Waals surface area contributed by atoms with E-state index in [1.54, 1.807) is 6.07 Å². The fourth-order valence-corrected chi connectivity index (χ4v) is 1.42. The predicted octanol–water partition coefficient (Wildman–Crippen LogP) is 3.55. The van der Waals surface area contributed by atoms with E-state index in [4.69, 9.17) is 12.2 Å². The van der Waals surface area contributed by atoms with E-state index < -0.39 is 0 Å². The summed E-state index contributed by atoms with van der Waals surface area (Å²) >= 11 is 4.81. The molecule has 0 atom stereocenters. The number of pyridine rings is 1. The highest BCUT2D eigenvalue weighted by atomic mass is 32.1. The van der Waals surface area contributed by atoms with Gasteiger partial charge in [0.2, 0.25) is 0 Å². The van der Waals surface area contributed by atoms with E-state index in [0.717, 1.165) is 11.3 Å². The molecule has 0 aliphatic carbocycles. The Morgan fingerprint density at radius 3 is 2.36 bits per heavy atom. The first-order chi connectivity index (χ1) is 6.77. The van der Waals surface area contributed by atoms with Crippen molar-refractivity contribution < 1.29 is 4.39 Å². The second-order valence-corrected chi connectivity index (χ2v) is 3.32. The van der Waals surface area contributed by atoms with E-state index in [1.807, 2.05) is 30.3 Å². The highest BCUT2D eigenvalue weighted by molar-refractivity contribution is 7.71. The molecule has 70 valence electrons. The molecule has 0 fully saturated rings. The van der Waals surface area contributed by atoms with Gasteiger partial charge in [0.15, 0.2) is 5.82 Å². The molecule has 0 unspecified atom stereocenters. The van der Waals surface area contributed by atoms with Crippen molar-refractivity contribution >= 4 is 12.2 Å². The quantitative estimate of drug-likeness (QED) is 0.704. The van der Waals surface area contributed by atoms with E-state index >= 15 is 0 Å². The number of benzene rings is 1. The highest BCUT2D eigenvalue weighted by Gasteiger charge is 1.98. The predicted molar refractivity (Wildman–Crippen MR) is 57.0 cm³/mol. The Kier molecular flexibility index (Phi) is 2.41. The maximum absolute atomic E-state index is 12.9. The molecule has 1 aromatic carbocycles. The first-order valence-corrected chi connectivity index (χ1v) is 4.62. The van der Waals surface area contributed by atoms with Gasteiger partial charge in [-0.25, -0.2) is 4.39 Å². The van der Waals surface area contributed by atoms with Gasteiger partial charge in [0.1, 0.15) is 4.64 Å². The molecule has 1 nitrogen and oxygen atoms in total. The molecule has 0 bridgehead atoms. The summed E-state index contributed by atoms with van der Waals surface area (Å²) in [6.07, 6.45) is 0.